The Kier molecular flexibility index (Phi) is 7.40. The summed E-state index contributed by atoms with van der Waals surface area (Å²) in [5.74, 6) is 0.720. The van der Waals surface area contributed by atoms with Crippen molar-refractivity contribution in [1.82, 2.24) is 15.2 Å². The van der Waals surface area contributed by atoms with Gasteiger partial charge >= 0.3 is 0 Å². The Morgan fingerprint density at radius 1 is 1.09 bits per heavy atom. The maximum absolute atomic E-state index is 13.2. The highest BCUT2D eigenvalue weighted by Crippen LogP contribution is 2.29. The first-order chi connectivity index (χ1) is 17.1. The highest BCUT2D eigenvalue weighted by molar-refractivity contribution is 6.31. The van der Waals surface area contributed by atoms with E-state index < -0.39 is 0 Å². The van der Waals surface area contributed by atoms with E-state index in [1.54, 1.807) is 7.11 Å². The zero-order valence-corrected chi connectivity index (χ0v) is 20.9. The van der Waals surface area contributed by atoms with Gasteiger partial charge in [0.2, 0.25) is 0 Å². The number of ether oxygens (including phenoxy) is 1. The third-order valence-electron chi connectivity index (χ3n) is 7.41. The fourth-order valence-corrected chi connectivity index (χ4v) is 5.67. The van der Waals surface area contributed by atoms with E-state index in [-0.39, 0.29) is 11.9 Å². The van der Waals surface area contributed by atoms with E-state index in [2.05, 4.69) is 15.6 Å². The van der Waals surface area contributed by atoms with Gasteiger partial charge in [-0.1, -0.05) is 23.7 Å². The number of nitrogens with one attached hydrogen (secondary N) is 2. The van der Waals surface area contributed by atoms with Crippen molar-refractivity contribution in [2.24, 2.45) is 0 Å². The molecule has 1 saturated heterocycles. The van der Waals surface area contributed by atoms with Gasteiger partial charge in [0.15, 0.2) is 0 Å². The molecule has 5 rings (SSSR count). The second kappa shape index (κ2) is 10.8. The number of fused-ring (bicyclic) bond motifs is 1. The molecular weight excluding hydrogens is 460 g/mol. The first-order valence-corrected chi connectivity index (χ1v) is 13.0. The SMILES string of the molecule is COc1ccccc1C(=O)N1CCC[C@H]1CN[C@H]1CC[C@@H](Nc2ccnc3cc(Cl)ccc23)CC1. The Bertz CT molecular complexity index is 1180. The largest absolute Gasteiger partial charge is 0.496 e. The summed E-state index contributed by atoms with van der Waals surface area (Å²) in [6.07, 6.45) is 8.42. The van der Waals surface area contributed by atoms with Crippen LogP contribution >= 0.6 is 11.6 Å². The number of anilines is 1. The number of amides is 1. The van der Waals surface area contributed by atoms with Crippen molar-refractivity contribution < 1.29 is 9.53 Å². The van der Waals surface area contributed by atoms with Crippen molar-refractivity contribution in [2.75, 3.05) is 25.5 Å². The Balaban J connectivity index is 1.13. The van der Waals surface area contributed by atoms with Gasteiger partial charge in [-0.3, -0.25) is 9.78 Å². The van der Waals surface area contributed by atoms with Gasteiger partial charge in [-0.05, 0) is 74.9 Å². The van der Waals surface area contributed by atoms with E-state index in [1.165, 1.54) is 0 Å². The summed E-state index contributed by atoms with van der Waals surface area (Å²) >= 11 is 6.13. The van der Waals surface area contributed by atoms with Crippen LogP contribution in [0.4, 0.5) is 5.69 Å². The molecule has 1 atom stereocenters. The molecule has 0 spiro atoms. The minimum Gasteiger partial charge on any atom is -0.496 e. The second-order valence-corrected chi connectivity index (χ2v) is 10.1. The zero-order chi connectivity index (χ0) is 24.2. The molecule has 0 radical (unpaired) electrons. The normalized spacial score (nSPS) is 22.3. The summed E-state index contributed by atoms with van der Waals surface area (Å²) in [4.78, 5) is 19.7. The zero-order valence-electron chi connectivity index (χ0n) is 20.2. The number of hydrogen-bond donors (Lipinski definition) is 2. The molecule has 6 nitrogen and oxygen atoms in total. The van der Waals surface area contributed by atoms with Crippen molar-refractivity contribution in [1.29, 1.82) is 0 Å². The van der Waals surface area contributed by atoms with Gasteiger partial charge in [0, 0.05) is 53.5 Å². The molecule has 35 heavy (non-hydrogen) atoms. The number of nitrogens with zero attached hydrogens (tertiary/aromatic N) is 2. The maximum atomic E-state index is 13.2. The number of methoxy groups -OCH3 is 1. The molecule has 2 N–H and O–H groups in total. The molecule has 3 aromatic rings. The number of hydrogen-bond acceptors (Lipinski definition) is 5. The van der Waals surface area contributed by atoms with Crippen LogP contribution in [-0.2, 0) is 0 Å². The first kappa shape index (κ1) is 23.9. The lowest BCUT2D eigenvalue weighted by Gasteiger charge is -2.32. The molecule has 0 unspecified atom stereocenters. The van der Waals surface area contributed by atoms with Crippen molar-refractivity contribution in [3.63, 3.8) is 0 Å². The number of pyridine rings is 1. The van der Waals surface area contributed by atoms with Crippen LogP contribution in [0.25, 0.3) is 10.9 Å². The molecule has 1 aromatic heterocycles. The molecule has 1 aliphatic heterocycles. The highest BCUT2D eigenvalue weighted by atomic mass is 35.5. The quantitative estimate of drug-likeness (QED) is 0.455. The van der Waals surface area contributed by atoms with E-state index in [0.29, 0.717) is 28.4 Å². The molecule has 2 aromatic carbocycles. The van der Waals surface area contributed by atoms with Crippen molar-refractivity contribution in [2.45, 2.75) is 56.7 Å². The number of halogens is 1. The van der Waals surface area contributed by atoms with Gasteiger partial charge in [-0.2, -0.15) is 0 Å². The molecule has 1 amide bonds. The summed E-state index contributed by atoms with van der Waals surface area (Å²) in [7, 11) is 1.62. The third-order valence-corrected chi connectivity index (χ3v) is 7.64. The topological polar surface area (TPSA) is 66.5 Å². The van der Waals surface area contributed by atoms with Crippen LogP contribution in [0.3, 0.4) is 0 Å². The summed E-state index contributed by atoms with van der Waals surface area (Å²) in [6, 6.07) is 16.6. The third kappa shape index (κ3) is 5.39. The minimum atomic E-state index is 0.0746. The maximum Gasteiger partial charge on any atom is 0.257 e. The van der Waals surface area contributed by atoms with Gasteiger partial charge in [-0.25, -0.2) is 0 Å². The fourth-order valence-electron chi connectivity index (χ4n) is 5.50. The first-order valence-electron chi connectivity index (χ1n) is 12.6. The number of rotatable bonds is 7. The lowest BCUT2D eigenvalue weighted by molar-refractivity contribution is 0.0729. The van der Waals surface area contributed by atoms with E-state index in [9.17, 15) is 4.79 Å². The summed E-state index contributed by atoms with van der Waals surface area (Å²) in [6.45, 7) is 1.66. The van der Waals surface area contributed by atoms with Gasteiger partial charge < -0.3 is 20.3 Å². The number of benzene rings is 2. The van der Waals surface area contributed by atoms with Crippen LogP contribution in [0.15, 0.2) is 54.7 Å². The lowest BCUT2D eigenvalue weighted by Crippen LogP contribution is -2.46. The number of carbonyl (C=O) groups excluding carboxylic acids is 1. The molecule has 1 saturated carbocycles. The van der Waals surface area contributed by atoms with Gasteiger partial charge in [-0.15, -0.1) is 0 Å². The van der Waals surface area contributed by atoms with Crippen LogP contribution < -0.4 is 15.4 Å². The molecule has 2 aliphatic rings. The molecule has 2 heterocycles. The summed E-state index contributed by atoms with van der Waals surface area (Å²) in [5, 5.41) is 9.32. The van der Waals surface area contributed by atoms with Crippen LogP contribution in [0.2, 0.25) is 5.02 Å². The van der Waals surface area contributed by atoms with Crippen molar-refractivity contribution in [3.05, 3.63) is 65.3 Å². The minimum absolute atomic E-state index is 0.0746. The lowest BCUT2D eigenvalue weighted by atomic mass is 9.90. The molecule has 7 heteroatoms. The van der Waals surface area contributed by atoms with Gasteiger partial charge in [0.25, 0.3) is 5.91 Å². The summed E-state index contributed by atoms with van der Waals surface area (Å²) < 4.78 is 5.42. The molecule has 0 bridgehead atoms. The van der Waals surface area contributed by atoms with Crippen molar-refractivity contribution >= 4 is 34.1 Å². The van der Waals surface area contributed by atoms with Crippen LogP contribution in [0, 0.1) is 0 Å². The standard InChI is InChI=1S/C28H33ClN4O2/c1-35-27-7-3-2-6-24(27)28(34)33-16-4-5-22(33)18-31-20-9-11-21(12-10-20)32-25-14-15-30-26-17-19(29)8-13-23(25)26/h2-3,6-8,13-15,17,20-22,31H,4-5,9-12,16,18H2,1H3,(H,30,32)/t20-,21+,22-/m0/s1. The Morgan fingerprint density at radius 3 is 2.71 bits per heavy atom. The van der Waals surface area contributed by atoms with Crippen LogP contribution in [0.5, 0.6) is 5.75 Å². The Hall–Kier alpha value is -2.83. The summed E-state index contributed by atoms with van der Waals surface area (Å²) in [5.41, 5.74) is 2.69. The van der Waals surface area contributed by atoms with Gasteiger partial charge in [0.05, 0.1) is 18.2 Å². The highest BCUT2D eigenvalue weighted by Gasteiger charge is 2.31. The number of likely N-dealkylation sites (tertiary alicyclic amines) is 1. The van der Waals surface area contributed by atoms with E-state index in [4.69, 9.17) is 16.3 Å². The molecular formula is C28H33ClN4O2. The van der Waals surface area contributed by atoms with E-state index >= 15 is 0 Å². The predicted molar refractivity (Wildman–Crippen MR) is 141 cm³/mol. The Morgan fingerprint density at radius 2 is 1.89 bits per heavy atom. The average molecular weight is 493 g/mol. The van der Waals surface area contributed by atoms with E-state index in [1.807, 2.05) is 59.6 Å². The van der Waals surface area contributed by atoms with Crippen LogP contribution in [-0.4, -0.2) is 54.1 Å². The van der Waals surface area contributed by atoms with Crippen molar-refractivity contribution in [3.8, 4) is 5.75 Å². The number of carbonyl (C=O) groups is 1. The van der Waals surface area contributed by atoms with Crippen LogP contribution in [0.1, 0.15) is 48.9 Å². The number of para-hydroxylation sites is 1. The smallest absolute Gasteiger partial charge is 0.257 e. The fraction of sp³-hybridized carbons (Fsp3) is 0.429. The number of aromatic nitrogens is 1. The molecule has 2 fully saturated rings. The van der Waals surface area contributed by atoms with Gasteiger partial charge in [0.1, 0.15) is 5.75 Å². The van der Waals surface area contributed by atoms with E-state index in [0.717, 1.165) is 68.2 Å². The molecule has 184 valence electrons. The second-order valence-electron chi connectivity index (χ2n) is 9.62. The average Bonchev–Trinajstić information content (AvgIpc) is 3.36. The molecule has 1 aliphatic carbocycles. The Labute approximate surface area is 212 Å². The monoisotopic (exact) mass is 492 g/mol. The predicted octanol–water partition coefficient (Wildman–Crippen LogP) is 5.51.